The predicted octanol–water partition coefficient (Wildman–Crippen LogP) is 4.08. The number of amidine groups is 1. The number of halogens is 3. The number of benzene rings is 2. The zero-order valence-electron chi connectivity index (χ0n) is 16.6. The largest absolute Gasteiger partial charge is 0.417 e. The summed E-state index contributed by atoms with van der Waals surface area (Å²) in [6.45, 7) is 0.732. The average Bonchev–Trinajstić information content (AvgIpc) is 3.10. The minimum absolute atomic E-state index is 0.0749. The fourth-order valence-corrected chi connectivity index (χ4v) is 4.16. The van der Waals surface area contributed by atoms with Crippen molar-refractivity contribution >= 4 is 33.0 Å². The average molecular weight is 451 g/mol. The third kappa shape index (κ3) is 5.72. The summed E-state index contributed by atoms with van der Waals surface area (Å²) in [5, 5.41) is 2.32. The van der Waals surface area contributed by atoms with Gasteiger partial charge in [0.05, 0.1) is 10.5 Å². The summed E-state index contributed by atoms with van der Waals surface area (Å²) in [4.78, 5) is 13.9. The molecule has 1 fully saturated rings. The molecule has 1 aliphatic rings. The van der Waals surface area contributed by atoms with Gasteiger partial charge in [0.1, 0.15) is 5.84 Å². The number of rotatable bonds is 5. The van der Waals surface area contributed by atoms with Gasteiger partial charge in [-0.3, -0.25) is 4.79 Å². The summed E-state index contributed by atoms with van der Waals surface area (Å²) in [7, 11) is -2.16. The van der Waals surface area contributed by atoms with E-state index < -0.39 is 27.7 Å². The highest BCUT2D eigenvalue weighted by Gasteiger charge is 2.35. The zero-order valence-corrected chi connectivity index (χ0v) is 17.4. The monoisotopic (exact) mass is 451 g/mol. The summed E-state index contributed by atoms with van der Waals surface area (Å²) >= 11 is 0. The summed E-state index contributed by atoms with van der Waals surface area (Å²) in [5.41, 5.74) is -1.07. The number of hydrogen-bond donors (Lipinski definition) is 1. The van der Waals surface area contributed by atoms with Crippen molar-refractivity contribution in [2.24, 2.45) is 4.40 Å². The minimum Gasteiger partial charge on any atom is -0.362 e. The van der Waals surface area contributed by atoms with E-state index in [-0.39, 0.29) is 16.1 Å². The van der Waals surface area contributed by atoms with Gasteiger partial charge in [0.2, 0.25) is 5.91 Å². The van der Waals surface area contributed by atoms with Gasteiger partial charge in [-0.1, -0.05) is 30.3 Å². The Kier molecular flexibility index (Phi) is 6.49. The number of carbonyl (C=O) groups excluding carboxylic acids is 1. The van der Waals surface area contributed by atoms with Crippen LogP contribution in [0.2, 0.25) is 0 Å². The van der Waals surface area contributed by atoms with Crippen molar-refractivity contribution in [3.05, 3.63) is 66.2 Å². The maximum Gasteiger partial charge on any atom is 0.417 e. The molecule has 31 heavy (non-hydrogen) atoms. The van der Waals surface area contributed by atoms with Crippen LogP contribution in [0.1, 0.15) is 18.4 Å². The van der Waals surface area contributed by atoms with E-state index in [9.17, 15) is 26.4 Å². The molecule has 0 aromatic heterocycles. The third-order valence-corrected chi connectivity index (χ3v) is 5.96. The molecule has 2 aromatic rings. The molecule has 0 aliphatic carbocycles. The van der Waals surface area contributed by atoms with E-state index in [1.54, 1.807) is 18.0 Å². The normalized spacial score (nSPS) is 16.6. The first-order chi connectivity index (χ1) is 14.6. The van der Waals surface area contributed by atoms with E-state index in [0.717, 1.165) is 13.0 Å². The molecule has 0 spiro atoms. The van der Waals surface area contributed by atoms with Crippen LogP contribution in [0, 0.1) is 0 Å². The second kappa shape index (κ2) is 8.93. The molecule has 0 atom stereocenters. The molecule has 10 heteroatoms. The number of alkyl halides is 3. The van der Waals surface area contributed by atoms with Gasteiger partial charge in [-0.15, -0.1) is 4.40 Å². The lowest BCUT2D eigenvalue weighted by atomic mass is 10.1. The lowest BCUT2D eigenvalue weighted by Crippen LogP contribution is -2.20. The van der Waals surface area contributed by atoms with Gasteiger partial charge < -0.3 is 10.2 Å². The summed E-state index contributed by atoms with van der Waals surface area (Å²) in [5.74, 6) is -0.511. The first kappa shape index (κ1) is 22.5. The molecule has 1 aliphatic heterocycles. The van der Waals surface area contributed by atoms with Crippen LogP contribution >= 0.6 is 0 Å². The molecule has 1 heterocycles. The molecule has 3 rings (SSSR count). The van der Waals surface area contributed by atoms with E-state index in [0.29, 0.717) is 18.3 Å². The number of hydrogen-bond acceptors (Lipinski definition) is 3. The summed E-state index contributed by atoms with van der Waals surface area (Å²) in [6.07, 6.45) is -2.85. The van der Waals surface area contributed by atoms with E-state index in [4.69, 9.17) is 0 Å². The Morgan fingerprint density at radius 1 is 1.10 bits per heavy atom. The van der Waals surface area contributed by atoms with Crippen LogP contribution < -0.4 is 5.32 Å². The van der Waals surface area contributed by atoms with E-state index in [1.165, 1.54) is 48.5 Å². The molecule has 1 saturated heterocycles. The molecule has 0 bridgehead atoms. The Hall–Kier alpha value is -3.14. The van der Waals surface area contributed by atoms with Crippen molar-refractivity contribution < 1.29 is 26.4 Å². The number of anilines is 1. The molecule has 164 valence electrons. The Bertz CT molecular complexity index is 1110. The highest BCUT2D eigenvalue weighted by molar-refractivity contribution is 7.90. The minimum atomic E-state index is -4.72. The molecular formula is C21H20F3N3O3S. The number of likely N-dealkylation sites (tertiary alicyclic amines) is 1. The van der Waals surface area contributed by atoms with E-state index in [2.05, 4.69) is 9.71 Å². The van der Waals surface area contributed by atoms with Gasteiger partial charge in [-0.05, 0) is 36.2 Å². The van der Waals surface area contributed by atoms with Gasteiger partial charge in [0.15, 0.2) is 0 Å². The molecule has 1 amide bonds. The van der Waals surface area contributed by atoms with Crippen molar-refractivity contribution in [2.45, 2.75) is 23.9 Å². The van der Waals surface area contributed by atoms with Crippen LogP contribution in [0.15, 0.2) is 70.0 Å². The first-order valence-corrected chi connectivity index (χ1v) is 10.8. The Morgan fingerprint density at radius 3 is 2.29 bits per heavy atom. The number of amides is 1. The fourth-order valence-electron chi connectivity index (χ4n) is 3.07. The van der Waals surface area contributed by atoms with Crippen molar-refractivity contribution in [3.63, 3.8) is 0 Å². The van der Waals surface area contributed by atoms with Crippen LogP contribution in [-0.2, 0) is 14.8 Å². The topological polar surface area (TPSA) is 78.8 Å². The molecule has 0 unspecified atom stereocenters. The molecule has 0 radical (unpaired) electrons. The standard InChI is InChI=1S/C21H20F3N3O3S/c1-27-13-5-8-19(27)26-31(29,30)17-11-9-16(10-12-17)25-20(28)14-18(21(22,23)24)15-6-3-2-4-7-15/h2-4,6-7,9-12,14H,5,8,13H2,1H3,(H,25,28)/b18-14-,26-19+. The highest BCUT2D eigenvalue weighted by Crippen LogP contribution is 2.33. The van der Waals surface area contributed by atoms with E-state index >= 15 is 0 Å². The number of carbonyl (C=O) groups is 1. The van der Waals surface area contributed by atoms with Crippen molar-refractivity contribution in [1.82, 2.24) is 4.90 Å². The Labute approximate surface area is 178 Å². The molecule has 6 nitrogen and oxygen atoms in total. The Morgan fingerprint density at radius 2 is 1.74 bits per heavy atom. The quantitative estimate of drug-likeness (QED) is 0.695. The van der Waals surface area contributed by atoms with Gasteiger partial charge in [-0.25, -0.2) is 0 Å². The maximum atomic E-state index is 13.4. The SMILES string of the molecule is CN1CCC/C1=N\S(=O)(=O)c1ccc(NC(=O)/C=C(/c2ccccc2)C(F)(F)F)cc1. The van der Waals surface area contributed by atoms with Crippen LogP contribution in [-0.4, -0.2) is 44.8 Å². The number of nitrogens with one attached hydrogen (secondary N) is 1. The van der Waals surface area contributed by atoms with Crippen molar-refractivity contribution in [3.8, 4) is 0 Å². The number of allylic oxidation sites excluding steroid dienone is 1. The fraction of sp³-hybridized carbons (Fsp3) is 0.238. The van der Waals surface area contributed by atoms with Gasteiger partial charge in [0.25, 0.3) is 10.0 Å². The van der Waals surface area contributed by atoms with Gasteiger partial charge in [-0.2, -0.15) is 21.6 Å². The number of sulfonamides is 1. The zero-order chi connectivity index (χ0) is 22.6. The Balaban J connectivity index is 1.77. The van der Waals surface area contributed by atoms with Crippen molar-refractivity contribution in [1.29, 1.82) is 0 Å². The molecule has 2 aromatic carbocycles. The second-order valence-electron chi connectivity index (χ2n) is 6.94. The van der Waals surface area contributed by atoms with Crippen molar-refractivity contribution in [2.75, 3.05) is 18.9 Å². The van der Waals surface area contributed by atoms with E-state index in [1.807, 2.05) is 0 Å². The molecule has 1 N–H and O–H groups in total. The maximum absolute atomic E-state index is 13.4. The van der Waals surface area contributed by atoms with Crippen LogP contribution in [0.4, 0.5) is 18.9 Å². The summed E-state index contributed by atoms with van der Waals surface area (Å²) in [6, 6.07) is 12.1. The lowest BCUT2D eigenvalue weighted by Gasteiger charge is -2.12. The van der Waals surface area contributed by atoms with Gasteiger partial charge in [0, 0.05) is 31.8 Å². The van der Waals surface area contributed by atoms with Crippen LogP contribution in [0.25, 0.3) is 5.57 Å². The van der Waals surface area contributed by atoms with Crippen LogP contribution in [0.5, 0.6) is 0 Å². The van der Waals surface area contributed by atoms with Gasteiger partial charge >= 0.3 is 6.18 Å². The smallest absolute Gasteiger partial charge is 0.362 e. The lowest BCUT2D eigenvalue weighted by molar-refractivity contribution is -0.112. The first-order valence-electron chi connectivity index (χ1n) is 9.36. The highest BCUT2D eigenvalue weighted by atomic mass is 32.2. The molecule has 0 saturated carbocycles. The van der Waals surface area contributed by atoms with Crippen LogP contribution in [0.3, 0.4) is 0 Å². The third-order valence-electron chi connectivity index (χ3n) is 4.65. The number of nitrogens with zero attached hydrogens (tertiary/aromatic N) is 2. The summed E-state index contributed by atoms with van der Waals surface area (Å²) < 4.78 is 68.8. The molecular weight excluding hydrogens is 431 g/mol. The second-order valence-corrected chi connectivity index (χ2v) is 8.55. The predicted molar refractivity (Wildman–Crippen MR) is 112 cm³/mol.